The van der Waals surface area contributed by atoms with Gasteiger partial charge in [0, 0.05) is 11.3 Å². The minimum Gasteiger partial charge on any atom is -0.493 e. The largest absolute Gasteiger partial charge is 0.493 e. The van der Waals surface area contributed by atoms with Crippen molar-refractivity contribution in [1.29, 1.82) is 0 Å². The molecule has 0 aliphatic carbocycles. The Hall–Kier alpha value is -2.47. The number of nitrogens with zero attached hydrogens (tertiary/aromatic N) is 1. The zero-order chi connectivity index (χ0) is 19.6. The lowest BCUT2D eigenvalue weighted by Gasteiger charge is -2.12. The Balaban J connectivity index is 2.00. The number of carbonyl (C=O) groups is 1. The molecule has 2 aromatic carbocycles. The van der Waals surface area contributed by atoms with Gasteiger partial charge < -0.3 is 9.47 Å². The number of benzene rings is 2. The van der Waals surface area contributed by atoms with Crippen LogP contribution >= 0.6 is 11.8 Å². The summed E-state index contributed by atoms with van der Waals surface area (Å²) in [6.45, 7) is 3.88. The molecule has 2 rings (SSSR count). The van der Waals surface area contributed by atoms with Crippen molar-refractivity contribution < 1.29 is 14.3 Å². The number of carbonyl (C=O) groups excluding carboxylic acids is 1. The van der Waals surface area contributed by atoms with Crippen LogP contribution in [-0.4, -0.2) is 31.1 Å². The summed E-state index contributed by atoms with van der Waals surface area (Å²) in [5.41, 5.74) is 5.56. The maximum Gasteiger partial charge on any atom is 0.252 e. The standard InChI is InChI=1S/C21H26N2O3S/c1-5-18(17-11-12-19(25-3)20(13-17)26-4)22-23-21(24)15(2)27-14-16-9-7-6-8-10-16/h6-13,15H,5,14H2,1-4H3,(H,23,24). The molecule has 0 fully saturated rings. The average Bonchev–Trinajstić information content (AvgIpc) is 2.72. The van der Waals surface area contributed by atoms with Crippen molar-refractivity contribution in [3.05, 3.63) is 59.7 Å². The summed E-state index contributed by atoms with van der Waals surface area (Å²) in [6, 6.07) is 15.7. The summed E-state index contributed by atoms with van der Waals surface area (Å²) in [5.74, 6) is 1.97. The van der Waals surface area contributed by atoms with Gasteiger partial charge in [-0.3, -0.25) is 4.79 Å². The van der Waals surface area contributed by atoms with Crippen molar-refractivity contribution in [3.63, 3.8) is 0 Å². The Morgan fingerprint density at radius 3 is 2.44 bits per heavy atom. The van der Waals surface area contributed by atoms with E-state index in [0.29, 0.717) is 17.9 Å². The van der Waals surface area contributed by atoms with Gasteiger partial charge in [-0.1, -0.05) is 37.3 Å². The number of rotatable bonds is 9. The van der Waals surface area contributed by atoms with E-state index in [4.69, 9.17) is 9.47 Å². The third-order valence-corrected chi connectivity index (χ3v) is 5.28. The summed E-state index contributed by atoms with van der Waals surface area (Å²) in [6.07, 6.45) is 0.682. The van der Waals surface area contributed by atoms with Gasteiger partial charge in [-0.2, -0.15) is 5.10 Å². The van der Waals surface area contributed by atoms with Gasteiger partial charge in [0.05, 0.1) is 25.2 Å². The average molecular weight is 387 g/mol. The predicted octanol–water partition coefficient (Wildman–Crippen LogP) is 4.26. The second kappa shape index (κ2) is 10.6. The van der Waals surface area contributed by atoms with Crippen molar-refractivity contribution in [2.75, 3.05) is 14.2 Å². The normalized spacial score (nSPS) is 12.4. The van der Waals surface area contributed by atoms with Crippen LogP contribution in [0.5, 0.6) is 11.5 Å². The van der Waals surface area contributed by atoms with Gasteiger partial charge in [-0.15, -0.1) is 11.8 Å². The Morgan fingerprint density at radius 2 is 1.81 bits per heavy atom. The zero-order valence-corrected chi connectivity index (χ0v) is 17.0. The number of hydrogen-bond donors (Lipinski definition) is 1. The molecule has 0 aliphatic heterocycles. The monoisotopic (exact) mass is 386 g/mol. The lowest BCUT2D eigenvalue weighted by molar-refractivity contribution is -0.120. The molecule has 0 heterocycles. The molecule has 0 spiro atoms. The van der Waals surface area contributed by atoms with E-state index >= 15 is 0 Å². The molecule has 0 saturated carbocycles. The van der Waals surface area contributed by atoms with E-state index in [1.165, 1.54) is 5.56 Å². The maximum atomic E-state index is 12.4. The van der Waals surface area contributed by atoms with Crippen LogP contribution in [0.3, 0.4) is 0 Å². The molecule has 27 heavy (non-hydrogen) atoms. The first kappa shape index (κ1) is 20.8. The highest BCUT2D eigenvalue weighted by Crippen LogP contribution is 2.28. The summed E-state index contributed by atoms with van der Waals surface area (Å²) < 4.78 is 10.6. The minimum absolute atomic E-state index is 0.109. The number of thioether (sulfide) groups is 1. The molecule has 0 radical (unpaired) electrons. The number of methoxy groups -OCH3 is 2. The highest BCUT2D eigenvalue weighted by molar-refractivity contribution is 7.99. The topological polar surface area (TPSA) is 59.9 Å². The van der Waals surface area contributed by atoms with Crippen LogP contribution in [0.2, 0.25) is 0 Å². The zero-order valence-electron chi connectivity index (χ0n) is 16.2. The molecule has 0 aromatic heterocycles. The second-order valence-corrected chi connectivity index (χ2v) is 7.23. The van der Waals surface area contributed by atoms with Gasteiger partial charge >= 0.3 is 0 Å². The van der Waals surface area contributed by atoms with Crippen LogP contribution < -0.4 is 14.9 Å². The highest BCUT2D eigenvalue weighted by Gasteiger charge is 2.14. The summed E-state index contributed by atoms with van der Waals surface area (Å²) >= 11 is 1.59. The summed E-state index contributed by atoms with van der Waals surface area (Å²) in [5, 5.41) is 4.13. The Labute approximate surface area is 165 Å². The quantitative estimate of drug-likeness (QED) is 0.517. The van der Waals surface area contributed by atoms with Crippen molar-refractivity contribution in [3.8, 4) is 11.5 Å². The molecule has 144 valence electrons. The van der Waals surface area contributed by atoms with Gasteiger partial charge in [0.25, 0.3) is 5.91 Å². The van der Waals surface area contributed by atoms with E-state index < -0.39 is 0 Å². The van der Waals surface area contributed by atoms with Crippen LogP contribution in [0.4, 0.5) is 0 Å². The molecule has 1 atom stereocenters. The molecular weight excluding hydrogens is 360 g/mol. The molecule has 0 aliphatic rings. The van der Waals surface area contributed by atoms with E-state index in [1.54, 1.807) is 26.0 Å². The van der Waals surface area contributed by atoms with Crippen LogP contribution in [0.25, 0.3) is 0 Å². The second-order valence-electron chi connectivity index (χ2n) is 5.90. The van der Waals surface area contributed by atoms with Crippen molar-refractivity contribution in [2.45, 2.75) is 31.3 Å². The minimum atomic E-state index is -0.197. The van der Waals surface area contributed by atoms with Crippen LogP contribution in [0, 0.1) is 0 Å². The third-order valence-electron chi connectivity index (χ3n) is 4.06. The fourth-order valence-electron chi connectivity index (χ4n) is 2.45. The van der Waals surface area contributed by atoms with E-state index in [9.17, 15) is 4.79 Å². The van der Waals surface area contributed by atoms with Gasteiger partial charge in [0.2, 0.25) is 0 Å². The van der Waals surface area contributed by atoms with Gasteiger partial charge in [0.15, 0.2) is 11.5 Å². The van der Waals surface area contributed by atoms with E-state index in [0.717, 1.165) is 17.0 Å². The Kier molecular flexibility index (Phi) is 8.20. The predicted molar refractivity (Wildman–Crippen MR) is 112 cm³/mol. The first-order valence-corrected chi connectivity index (χ1v) is 9.88. The number of hydrogen-bond acceptors (Lipinski definition) is 5. The SMILES string of the molecule is CCC(=NNC(=O)C(C)SCc1ccccc1)c1ccc(OC)c(OC)c1. The molecule has 0 saturated heterocycles. The molecule has 1 N–H and O–H groups in total. The fourth-order valence-corrected chi connectivity index (χ4v) is 3.29. The van der Waals surface area contributed by atoms with Gasteiger partial charge in [0.1, 0.15) is 0 Å². The first-order chi connectivity index (χ1) is 13.1. The van der Waals surface area contributed by atoms with Crippen LogP contribution in [0.1, 0.15) is 31.4 Å². The molecule has 6 heteroatoms. The Morgan fingerprint density at radius 1 is 1.11 bits per heavy atom. The number of hydrazone groups is 1. The molecule has 1 amide bonds. The highest BCUT2D eigenvalue weighted by atomic mass is 32.2. The summed E-state index contributed by atoms with van der Waals surface area (Å²) in [7, 11) is 3.19. The Bertz CT molecular complexity index is 778. The number of ether oxygens (including phenoxy) is 2. The lowest BCUT2D eigenvalue weighted by Crippen LogP contribution is -2.28. The fraction of sp³-hybridized carbons (Fsp3) is 0.333. The van der Waals surface area contributed by atoms with Crippen molar-refractivity contribution in [1.82, 2.24) is 5.43 Å². The molecule has 0 bridgehead atoms. The van der Waals surface area contributed by atoms with Crippen molar-refractivity contribution in [2.24, 2.45) is 5.10 Å². The van der Waals surface area contributed by atoms with Crippen LogP contribution in [0.15, 0.2) is 53.6 Å². The smallest absolute Gasteiger partial charge is 0.252 e. The molecule has 2 aromatic rings. The molecular formula is C21H26N2O3S. The lowest BCUT2D eigenvalue weighted by atomic mass is 10.1. The van der Waals surface area contributed by atoms with Crippen LogP contribution in [-0.2, 0) is 10.5 Å². The molecule has 5 nitrogen and oxygen atoms in total. The third kappa shape index (κ3) is 6.03. The van der Waals surface area contributed by atoms with Gasteiger partial charge in [-0.25, -0.2) is 5.43 Å². The first-order valence-electron chi connectivity index (χ1n) is 8.83. The molecule has 1 unspecified atom stereocenters. The maximum absolute atomic E-state index is 12.4. The summed E-state index contributed by atoms with van der Waals surface area (Å²) in [4.78, 5) is 12.4. The number of amides is 1. The van der Waals surface area contributed by atoms with E-state index in [-0.39, 0.29) is 11.2 Å². The number of nitrogens with one attached hydrogen (secondary N) is 1. The van der Waals surface area contributed by atoms with E-state index in [2.05, 4.69) is 22.7 Å². The van der Waals surface area contributed by atoms with Gasteiger partial charge in [-0.05, 0) is 37.1 Å². The van der Waals surface area contributed by atoms with Crippen molar-refractivity contribution >= 4 is 23.4 Å². The van der Waals surface area contributed by atoms with E-state index in [1.807, 2.05) is 50.2 Å².